The van der Waals surface area contributed by atoms with Gasteiger partial charge in [0.2, 0.25) is 0 Å². The predicted molar refractivity (Wildman–Crippen MR) is 75.6 cm³/mol. The number of aryl methyl sites for hydroxylation is 1. The van der Waals surface area contributed by atoms with Crippen LogP contribution in [0.2, 0.25) is 0 Å². The quantitative estimate of drug-likeness (QED) is 0.883. The van der Waals surface area contributed by atoms with Crippen molar-refractivity contribution in [3.8, 4) is 11.5 Å². The molecule has 5 heteroatoms. The summed E-state index contributed by atoms with van der Waals surface area (Å²) >= 11 is 0. The zero-order valence-corrected chi connectivity index (χ0v) is 11.5. The second-order valence-electron chi connectivity index (χ2n) is 5.17. The summed E-state index contributed by atoms with van der Waals surface area (Å²) in [5.41, 5.74) is 7.31. The molecule has 0 amide bonds. The van der Waals surface area contributed by atoms with Crippen LogP contribution in [0, 0.1) is 18.6 Å². The van der Waals surface area contributed by atoms with Gasteiger partial charge in [0.1, 0.15) is 24.3 Å². The summed E-state index contributed by atoms with van der Waals surface area (Å²) in [5.74, 6) is -0.714. The minimum Gasteiger partial charge on any atom is -0.487 e. The van der Waals surface area contributed by atoms with Gasteiger partial charge in [-0.15, -0.1) is 0 Å². The molecular formula is C16H15F2NO2. The molecule has 1 aliphatic heterocycles. The van der Waals surface area contributed by atoms with E-state index in [0.29, 0.717) is 6.42 Å². The molecule has 1 aliphatic rings. The molecule has 0 spiro atoms. The number of nitrogen functional groups attached to an aromatic ring is 1. The summed E-state index contributed by atoms with van der Waals surface area (Å²) < 4.78 is 38.0. The molecule has 110 valence electrons. The van der Waals surface area contributed by atoms with Gasteiger partial charge < -0.3 is 15.2 Å². The number of halogens is 2. The number of fused-ring (bicyclic) bond motifs is 1. The molecule has 0 aromatic heterocycles. The maximum atomic E-state index is 13.6. The van der Waals surface area contributed by atoms with Crippen LogP contribution in [0.15, 0.2) is 30.3 Å². The third-order valence-electron chi connectivity index (χ3n) is 3.43. The highest BCUT2D eigenvalue weighted by Gasteiger charge is 2.24. The standard InChI is InChI=1S/C16H15F2NO2/c1-9-2-3-15-10(4-9)5-11(21-15)8-20-16-7-12(17)14(19)6-13(16)18/h2-4,6-7,11H,5,8,19H2,1H3. The minimum absolute atomic E-state index is 0.147. The van der Waals surface area contributed by atoms with Gasteiger partial charge in [-0.3, -0.25) is 0 Å². The van der Waals surface area contributed by atoms with Gasteiger partial charge >= 0.3 is 0 Å². The first-order valence-electron chi connectivity index (χ1n) is 6.66. The van der Waals surface area contributed by atoms with Crippen LogP contribution in [-0.4, -0.2) is 12.7 Å². The second-order valence-corrected chi connectivity index (χ2v) is 5.17. The van der Waals surface area contributed by atoms with Crippen molar-refractivity contribution < 1.29 is 18.3 Å². The van der Waals surface area contributed by atoms with Gasteiger partial charge in [-0.1, -0.05) is 17.7 Å². The van der Waals surface area contributed by atoms with E-state index in [0.717, 1.165) is 29.0 Å². The number of ether oxygens (including phenoxy) is 2. The van der Waals surface area contributed by atoms with Crippen LogP contribution in [0.1, 0.15) is 11.1 Å². The molecule has 0 fully saturated rings. The van der Waals surface area contributed by atoms with Crippen LogP contribution in [0.3, 0.4) is 0 Å². The summed E-state index contributed by atoms with van der Waals surface area (Å²) in [5, 5.41) is 0. The van der Waals surface area contributed by atoms with Crippen LogP contribution >= 0.6 is 0 Å². The molecule has 3 rings (SSSR count). The number of hydrogen-bond acceptors (Lipinski definition) is 3. The van der Waals surface area contributed by atoms with Crippen molar-refractivity contribution in [3.63, 3.8) is 0 Å². The van der Waals surface area contributed by atoms with Gasteiger partial charge in [-0.05, 0) is 18.6 Å². The van der Waals surface area contributed by atoms with E-state index in [1.54, 1.807) is 0 Å². The fourth-order valence-corrected chi connectivity index (χ4v) is 2.38. The van der Waals surface area contributed by atoms with Crippen LogP contribution in [0.4, 0.5) is 14.5 Å². The Balaban J connectivity index is 1.66. The fraction of sp³-hybridized carbons (Fsp3) is 0.250. The molecule has 0 bridgehead atoms. The van der Waals surface area contributed by atoms with Gasteiger partial charge in [0.25, 0.3) is 0 Å². The lowest BCUT2D eigenvalue weighted by molar-refractivity contribution is 0.145. The summed E-state index contributed by atoms with van der Waals surface area (Å²) in [4.78, 5) is 0. The van der Waals surface area contributed by atoms with E-state index in [1.807, 2.05) is 19.1 Å². The van der Waals surface area contributed by atoms with E-state index in [-0.39, 0.29) is 24.1 Å². The maximum Gasteiger partial charge on any atom is 0.167 e. The van der Waals surface area contributed by atoms with Crippen molar-refractivity contribution in [3.05, 3.63) is 53.1 Å². The number of rotatable bonds is 3. The van der Waals surface area contributed by atoms with Crippen molar-refractivity contribution in [1.29, 1.82) is 0 Å². The highest BCUT2D eigenvalue weighted by Crippen LogP contribution is 2.30. The minimum atomic E-state index is -0.697. The topological polar surface area (TPSA) is 44.5 Å². The first kappa shape index (κ1) is 13.7. The monoisotopic (exact) mass is 291 g/mol. The van der Waals surface area contributed by atoms with Crippen molar-refractivity contribution in [2.24, 2.45) is 0 Å². The van der Waals surface area contributed by atoms with Crippen LogP contribution in [-0.2, 0) is 6.42 Å². The zero-order valence-electron chi connectivity index (χ0n) is 11.5. The number of hydrogen-bond donors (Lipinski definition) is 1. The lowest BCUT2D eigenvalue weighted by Crippen LogP contribution is -2.22. The molecule has 1 atom stereocenters. The Labute approximate surface area is 121 Å². The maximum absolute atomic E-state index is 13.6. The molecule has 0 saturated carbocycles. The van der Waals surface area contributed by atoms with Gasteiger partial charge in [0.05, 0.1) is 5.69 Å². The molecule has 21 heavy (non-hydrogen) atoms. The molecular weight excluding hydrogens is 276 g/mol. The Morgan fingerprint density at radius 3 is 2.86 bits per heavy atom. The zero-order chi connectivity index (χ0) is 15.0. The predicted octanol–water partition coefficient (Wildman–Crippen LogP) is 3.24. The highest BCUT2D eigenvalue weighted by atomic mass is 19.1. The highest BCUT2D eigenvalue weighted by molar-refractivity contribution is 5.45. The normalized spacial score (nSPS) is 16.4. The number of anilines is 1. The summed E-state index contributed by atoms with van der Waals surface area (Å²) in [7, 11) is 0. The second kappa shape index (κ2) is 5.24. The van der Waals surface area contributed by atoms with Gasteiger partial charge in [-0.2, -0.15) is 0 Å². The average molecular weight is 291 g/mol. The summed E-state index contributed by atoms with van der Waals surface area (Å²) in [6, 6.07) is 7.80. The van der Waals surface area contributed by atoms with E-state index in [4.69, 9.17) is 15.2 Å². The largest absolute Gasteiger partial charge is 0.487 e. The average Bonchev–Trinajstić information content (AvgIpc) is 2.83. The molecule has 2 aromatic rings. The first-order chi connectivity index (χ1) is 10.0. The lowest BCUT2D eigenvalue weighted by Gasteiger charge is -2.13. The Morgan fingerprint density at radius 1 is 1.24 bits per heavy atom. The van der Waals surface area contributed by atoms with E-state index < -0.39 is 11.6 Å². The van der Waals surface area contributed by atoms with E-state index >= 15 is 0 Å². The molecule has 1 unspecified atom stereocenters. The smallest absolute Gasteiger partial charge is 0.167 e. The van der Waals surface area contributed by atoms with Crippen molar-refractivity contribution in [2.75, 3.05) is 12.3 Å². The van der Waals surface area contributed by atoms with Crippen molar-refractivity contribution in [1.82, 2.24) is 0 Å². The Hall–Kier alpha value is -2.30. The first-order valence-corrected chi connectivity index (χ1v) is 6.66. The lowest BCUT2D eigenvalue weighted by atomic mass is 10.1. The molecule has 0 radical (unpaired) electrons. The molecule has 3 nitrogen and oxygen atoms in total. The Kier molecular flexibility index (Phi) is 3.41. The van der Waals surface area contributed by atoms with E-state index in [1.165, 1.54) is 0 Å². The van der Waals surface area contributed by atoms with Crippen molar-refractivity contribution in [2.45, 2.75) is 19.4 Å². The van der Waals surface area contributed by atoms with Gasteiger partial charge in [-0.25, -0.2) is 8.78 Å². The number of benzene rings is 2. The molecule has 0 saturated heterocycles. The number of nitrogens with two attached hydrogens (primary N) is 1. The summed E-state index contributed by atoms with van der Waals surface area (Å²) in [6.07, 6.45) is 0.484. The third-order valence-corrected chi connectivity index (χ3v) is 3.43. The van der Waals surface area contributed by atoms with Gasteiger partial charge in [0, 0.05) is 18.6 Å². The Morgan fingerprint density at radius 2 is 2.05 bits per heavy atom. The third kappa shape index (κ3) is 2.77. The molecule has 0 aliphatic carbocycles. The Bertz CT molecular complexity index is 688. The van der Waals surface area contributed by atoms with E-state index in [9.17, 15) is 8.78 Å². The van der Waals surface area contributed by atoms with Gasteiger partial charge in [0.15, 0.2) is 11.6 Å². The molecule has 1 heterocycles. The fourth-order valence-electron chi connectivity index (χ4n) is 2.38. The molecule has 2 aromatic carbocycles. The van der Waals surface area contributed by atoms with Crippen LogP contribution < -0.4 is 15.2 Å². The SMILES string of the molecule is Cc1ccc2c(c1)CC(COc1cc(F)c(N)cc1F)O2. The molecule has 2 N–H and O–H groups in total. The van der Waals surface area contributed by atoms with Crippen LogP contribution in [0.25, 0.3) is 0 Å². The van der Waals surface area contributed by atoms with E-state index in [2.05, 4.69) is 6.07 Å². The van der Waals surface area contributed by atoms with Crippen LogP contribution in [0.5, 0.6) is 11.5 Å². The summed E-state index contributed by atoms with van der Waals surface area (Å²) in [6.45, 7) is 2.16. The van der Waals surface area contributed by atoms with Crippen molar-refractivity contribution >= 4 is 5.69 Å².